The molecule has 17 heteroatoms. The van der Waals surface area contributed by atoms with Crippen LogP contribution in [0.3, 0.4) is 0 Å². The maximum atomic E-state index is 14.0. The van der Waals surface area contributed by atoms with Crippen molar-refractivity contribution in [3.8, 4) is 0 Å². The van der Waals surface area contributed by atoms with E-state index in [0.717, 1.165) is 19.3 Å². The van der Waals surface area contributed by atoms with Crippen LogP contribution < -0.4 is 27.6 Å². The summed E-state index contributed by atoms with van der Waals surface area (Å²) in [5, 5.41) is 23.5. The molecule has 5 N–H and O–H groups in total. The molecule has 0 radical (unpaired) electrons. The second-order valence-corrected chi connectivity index (χ2v) is 12.6. The Hall–Kier alpha value is -2.69. The summed E-state index contributed by atoms with van der Waals surface area (Å²) in [6.07, 6.45) is 0.476. The van der Waals surface area contributed by atoms with Gasteiger partial charge in [-0.25, -0.2) is 19.2 Å². The number of hydrogen-bond donors (Lipinski definition) is 5. The molecular formula is C26H40N5O11P. The lowest BCUT2D eigenvalue weighted by Gasteiger charge is -2.26. The Morgan fingerprint density at radius 3 is 2.12 bits per heavy atom. The second kappa shape index (κ2) is 14.4. The van der Waals surface area contributed by atoms with Crippen LogP contribution in [0, 0.1) is 13.8 Å². The number of nitrogens with one attached hydrogen (secondary N) is 3. The van der Waals surface area contributed by atoms with E-state index in [4.69, 9.17) is 18.5 Å². The Kier molecular flexibility index (Phi) is 11.1. The molecule has 240 valence electrons. The molecule has 1 unspecified atom stereocenters. The fraction of sp³-hybridized carbons (Fsp3) is 0.692. The van der Waals surface area contributed by atoms with E-state index in [-0.39, 0.29) is 30.6 Å². The predicted octanol–water partition coefficient (Wildman–Crippen LogP) is 0.312. The van der Waals surface area contributed by atoms with Crippen molar-refractivity contribution in [1.82, 2.24) is 24.2 Å². The van der Waals surface area contributed by atoms with E-state index >= 15 is 0 Å². The summed E-state index contributed by atoms with van der Waals surface area (Å²) >= 11 is 0. The van der Waals surface area contributed by atoms with Gasteiger partial charge in [0.2, 0.25) is 0 Å². The van der Waals surface area contributed by atoms with Gasteiger partial charge in [0.25, 0.3) is 11.1 Å². The van der Waals surface area contributed by atoms with Gasteiger partial charge in [0, 0.05) is 42.9 Å². The topological polar surface area (TPSA) is 216 Å². The van der Waals surface area contributed by atoms with Crippen molar-refractivity contribution in [2.24, 2.45) is 0 Å². The van der Waals surface area contributed by atoms with Crippen molar-refractivity contribution >= 4 is 7.75 Å². The molecule has 2 fully saturated rings. The maximum Gasteiger partial charge on any atom is 0.405 e. The van der Waals surface area contributed by atoms with Crippen LogP contribution in [0.2, 0.25) is 0 Å². The van der Waals surface area contributed by atoms with Crippen molar-refractivity contribution in [2.45, 2.75) is 96.2 Å². The third kappa shape index (κ3) is 8.08. The predicted molar refractivity (Wildman–Crippen MR) is 153 cm³/mol. The summed E-state index contributed by atoms with van der Waals surface area (Å²) in [7, 11) is -4.10. The first-order valence-corrected chi connectivity index (χ1v) is 15.9. The fourth-order valence-corrected chi connectivity index (χ4v) is 6.59. The monoisotopic (exact) mass is 629 g/mol. The highest BCUT2D eigenvalue weighted by molar-refractivity contribution is 7.51. The van der Waals surface area contributed by atoms with Crippen LogP contribution in [0.1, 0.15) is 69.0 Å². The van der Waals surface area contributed by atoms with Crippen LogP contribution in [0.5, 0.6) is 0 Å². The molecule has 43 heavy (non-hydrogen) atoms. The second-order valence-electron chi connectivity index (χ2n) is 10.8. The highest BCUT2D eigenvalue weighted by Crippen LogP contribution is 2.49. The van der Waals surface area contributed by atoms with Crippen LogP contribution in [0.15, 0.2) is 31.6 Å². The maximum absolute atomic E-state index is 14.0. The first-order valence-electron chi connectivity index (χ1n) is 14.4. The van der Waals surface area contributed by atoms with Gasteiger partial charge in [-0.1, -0.05) is 26.2 Å². The van der Waals surface area contributed by atoms with Gasteiger partial charge in [0.05, 0.1) is 19.3 Å². The first kappa shape index (κ1) is 33.2. The van der Waals surface area contributed by atoms with E-state index in [1.165, 1.54) is 35.4 Å². The quantitative estimate of drug-likeness (QED) is 0.141. The van der Waals surface area contributed by atoms with Gasteiger partial charge >= 0.3 is 19.1 Å². The number of aliphatic hydroxyl groups excluding tert-OH is 2. The van der Waals surface area contributed by atoms with Crippen LogP contribution in [-0.4, -0.2) is 73.5 Å². The largest absolute Gasteiger partial charge is 0.405 e. The van der Waals surface area contributed by atoms with Gasteiger partial charge in [-0.3, -0.25) is 37.7 Å². The minimum Gasteiger partial charge on any atom is -0.394 e. The lowest BCUT2D eigenvalue weighted by atomic mass is 10.2. The SMILES string of the molecule is CCCCCCNP(=O)(OC[C@H]1O[C@@H](n2cc(C)c(=O)[nH]c2=O)C[C@@H]1O)O[C@H]1C[C@H](n2cc(C)c(=O)[nH]c2=O)O[C@@H]1CO. The number of aliphatic hydroxyl groups is 2. The fourth-order valence-electron chi connectivity index (χ4n) is 5.01. The molecular weight excluding hydrogens is 589 g/mol. The van der Waals surface area contributed by atoms with Crippen molar-refractivity contribution in [2.75, 3.05) is 19.8 Å². The van der Waals surface area contributed by atoms with Gasteiger partial charge in [-0.15, -0.1) is 0 Å². The number of hydrogen-bond acceptors (Lipinski definition) is 11. The van der Waals surface area contributed by atoms with Gasteiger partial charge in [-0.2, -0.15) is 0 Å². The molecule has 2 aliphatic rings. The Labute approximate surface area is 246 Å². The van der Waals surface area contributed by atoms with Gasteiger partial charge in [-0.05, 0) is 20.3 Å². The van der Waals surface area contributed by atoms with E-state index in [9.17, 15) is 34.0 Å². The Balaban J connectivity index is 1.47. The molecule has 7 atom stereocenters. The first-order chi connectivity index (χ1) is 20.4. The van der Waals surface area contributed by atoms with E-state index in [0.29, 0.717) is 13.0 Å². The molecule has 2 aliphatic heterocycles. The van der Waals surface area contributed by atoms with Crippen molar-refractivity contribution in [1.29, 1.82) is 0 Å². The van der Waals surface area contributed by atoms with Gasteiger partial charge < -0.3 is 19.7 Å². The number of rotatable bonds is 14. The number of aryl methyl sites for hydroxylation is 2. The number of ether oxygens (including phenoxy) is 2. The molecule has 2 saturated heterocycles. The minimum atomic E-state index is -4.10. The Morgan fingerprint density at radius 2 is 1.53 bits per heavy atom. The number of H-pyrrole nitrogens is 2. The van der Waals surface area contributed by atoms with E-state index in [2.05, 4.69) is 22.0 Å². The Morgan fingerprint density at radius 1 is 0.953 bits per heavy atom. The molecule has 4 rings (SSSR count). The number of aromatic nitrogens is 4. The van der Waals surface area contributed by atoms with Crippen molar-refractivity contribution in [3.63, 3.8) is 0 Å². The molecule has 0 amide bonds. The summed E-state index contributed by atoms with van der Waals surface area (Å²) in [5.74, 6) is 0. The Bertz CT molecular complexity index is 1530. The molecule has 2 aromatic heterocycles. The average Bonchev–Trinajstić information content (AvgIpc) is 3.53. The number of aromatic amines is 2. The van der Waals surface area contributed by atoms with Crippen LogP contribution in [-0.2, 0) is 23.1 Å². The van der Waals surface area contributed by atoms with E-state index in [1.807, 2.05) is 0 Å². The molecule has 4 heterocycles. The molecule has 0 aliphatic carbocycles. The molecule has 0 bridgehead atoms. The summed E-state index contributed by atoms with van der Waals surface area (Å²) in [6.45, 7) is 4.55. The molecule has 16 nitrogen and oxygen atoms in total. The van der Waals surface area contributed by atoms with Crippen LogP contribution >= 0.6 is 7.75 Å². The zero-order valence-electron chi connectivity index (χ0n) is 24.4. The molecule has 0 saturated carbocycles. The lowest BCUT2D eigenvalue weighted by Crippen LogP contribution is -2.34. The lowest BCUT2D eigenvalue weighted by molar-refractivity contribution is -0.0533. The third-order valence-electron chi connectivity index (χ3n) is 7.50. The van der Waals surface area contributed by atoms with Crippen molar-refractivity contribution < 1.29 is 33.3 Å². The van der Waals surface area contributed by atoms with Crippen LogP contribution in [0.25, 0.3) is 0 Å². The normalized spacial score (nSPS) is 27.0. The third-order valence-corrected chi connectivity index (χ3v) is 9.14. The van der Waals surface area contributed by atoms with Crippen LogP contribution in [0.4, 0.5) is 0 Å². The average molecular weight is 630 g/mol. The molecule has 2 aromatic rings. The smallest absolute Gasteiger partial charge is 0.394 e. The zero-order chi connectivity index (χ0) is 31.3. The van der Waals surface area contributed by atoms with E-state index < -0.39 is 73.7 Å². The molecule has 0 spiro atoms. The van der Waals surface area contributed by atoms with Gasteiger partial charge in [0.15, 0.2) is 0 Å². The minimum absolute atomic E-state index is 0.0145. The summed E-state index contributed by atoms with van der Waals surface area (Å²) in [6, 6.07) is 0. The van der Waals surface area contributed by atoms with E-state index in [1.54, 1.807) is 0 Å². The summed E-state index contributed by atoms with van der Waals surface area (Å²) in [5.41, 5.74) is -1.89. The highest BCUT2D eigenvalue weighted by Gasteiger charge is 2.43. The standard InChI is InChI=1S/C26H40N5O11P/c1-4-5-6-7-8-27-43(38,39-14-20-17(33)9-21(41-20)30-11-15(2)23(34)28-25(30)36)42-18-10-22(40-19(18)13-32)31-12-16(3)24(35)29-26(31)37/h11-12,17-22,32-33H,4-10,13-14H2,1-3H3,(H,27,38)(H,28,34,36)(H,29,35,37)/t17-,18-,19+,20+,21+,22+,43?/m0/s1. The zero-order valence-corrected chi connectivity index (χ0v) is 25.3. The number of unbranched alkanes of at least 4 members (excludes halogenated alkanes) is 3. The highest BCUT2D eigenvalue weighted by atomic mass is 31.2. The van der Waals surface area contributed by atoms with Crippen molar-refractivity contribution in [3.05, 3.63) is 65.2 Å². The summed E-state index contributed by atoms with van der Waals surface area (Å²) < 4.78 is 39.7. The molecule has 0 aromatic carbocycles. The number of nitrogens with zero attached hydrogens (tertiary/aromatic N) is 2. The van der Waals surface area contributed by atoms with Gasteiger partial charge in [0.1, 0.15) is 30.8 Å². The summed E-state index contributed by atoms with van der Waals surface area (Å²) in [4.78, 5) is 52.7.